The molecular formula is C14H13NO4. The number of carboxylic acid groups (broad SMARTS) is 1. The third kappa shape index (κ3) is 3.45. The quantitative estimate of drug-likeness (QED) is 0.893. The van der Waals surface area contributed by atoms with Gasteiger partial charge < -0.3 is 14.6 Å². The molecule has 1 heterocycles. The second kappa shape index (κ2) is 5.86. The van der Waals surface area contributed by atoms with Gasteiger partial charge in [0.15, 0.2) is 0 Å². The summed E-state index contributed by atoms with van der Waals surface area (Å²) in [5.41, 5.74) is 0.165. The van der Waals surface area contributed by atoms with Crippen LogP contribution in [-0.2, 0) is 0 Å². The number of pyridine rings is 1. The van der Waals surface area contributed by atoms with Crippen molar-refractivity contribution in [2.75, 3.05) is 6.61 Å². The number of aromatic carboxylic acids is 1. The van der Waals surface area contributed by atoms with E-state index in [1.165, 1.54) is 12.1 Å². The van der Waals surface area contributed by atoms with Crippen molar-refractivity contribution in [3.63, 3.8) is 0 Å². The van der Waals surface area contributed by atoms with E-state index in [1.54, 1.807) is 30.3 Å². The van der Waals surface area contributed by atoms with E-state index < -0.39 is 5.97 Å². The normalized spacial score (nSPS) is 9.95. The van der Waals surface area contributed by atoms with Crippen LogP contribution in [0.1, 0.15) is 17.3 Å². The Morgan fingerprint density at radius 3 is 2.68 bits per heavy atom. The molecule has 0 atom stereocenters. The van der Waals surface area contributed by atoms with E-state index in [4.69, 9.17) is 14.6 Å². The van der Waals surface area contributed by atoms with Crippen molar-refractivity contribution in [2.45, 2.75) is 6.92 Å². The van der Waals surface area contributed by atoms with Gasteiger partial charge in [0.05, 0.1) is 12.2 Å². The zero-order valence-corrected chi connectivity index (χ0v) is 10.4. The Morgan fingerprint density at radius 1 is 1.21 bits per heavy atom. The number of benzene rings is 1. The highest BCUT2D eigenvalue weighted by Crippen LogP contribution is 2.22. The van der Waals surface area contributed by atoms with Crippen LogP contribution < -0.4 is 9.47 Å². The van der Waals surface area contributed by atoms with Crippen LogP contribution in [0.25, 0.3) is 0 Å². The maximum atomic E-state index is 10.9. The number of aromatic nitrogens is 1. The topological polar surface area (TPSA) is 68.7 Å². The van der Waals surface area contributed by atoms with Gasteiger partial charge >= 0.3 is 5.97 Å². The molecular weight excluding hydrogens is 246 g/mol. The molecule has 2 rings (SSSR count). The van der Waals surface area contributed by atoms with Crippen molar-refractivity contribution < 1.29 is 19.4 Å². The lowest BCUT2D eigenvalue weighted by molar-refractivity contribution is 0.0696. The summed E-state index contributed by atoms with van der Waals surface area (Å²) in [4.78, 5) is 15.0. The van der Waals surface area contributed by atoms with Gasteiger partial charge in [0.25, 0.3) is 0 Å². The molecule has 0 spiro atoms. The van der Waals surface area contributed by atoms with Crippen molar-refractivity contribution in [3.05, 3.63) is 48.0 Å². The smallest absolute Gasteiger partial charge is 0.335 e. The van der Waals surface area contributed by atoms with Crippen LogP contribution in [0.3, 0.4) is 0 Å². The van der Waals surface area contributed by atoms with Gasteiger partial charge in [-0.3, -0.25) is 0 Å². The number of carboxylic acids is 1. The van der Waals surface area contributed by atoms with Crippen LogP contribution in [-0.4, -0.2) is 22.7 Å². The molecule has 5 heteroatoms. The van der Waals surface area contributed by atoms with Gasteiger partial charge in [-0.25, -0.2) is 4.79 Å². The minimum atomic E-state index is -0.999. The molecule has 0 bridgehead atoms. The monoisotopic (exact) mass is 259 g/mol. The first-order valence-corrected chi connectivity index (χ1v) is 5.80. The number of ether oxygens (including phenoxy) is 2. The molecule has 0 unspecified atom stereocenters. The van der Waals surface area contributed by atoms with E-state index in [0.29, 0.717) is 24.1 Å². The molecule has 1 N–H and O–H groups in total. The number of carbonyl (C=O) groups is 1. The first-order valence-electron chi connectivity index (χ1n) is 5.80. The molecule has 98 valence electrons. The zero-order chi connectivity index (χ0) is 13.7. The molecule has 1 aromatic heterocycles. The summed E-state index contributed by atoms with van der Waals surface area (Å²) in [6.45, 7) is 2.39. The minimum Gasteiger partial charge on any atom is -0.478 e. The van der Waals surface area contributed by atoms with Crippen LogP contribution in [0.4, 0.5) is 0 Å². The molecule has 0 radical (unpaired) electrons. The second-order valence-electron chi connectivity index (χ2n) is 3.68. The summed E-state index contributed by atoms with van der Waals surface area (Å²) in [6.07, 6.45) is 0. The fourth-order valence-electron chi connectivity index (χ4n) is 1.49. The third-order valence-electron chi connectivity index (χ3n) is 2.29. The maximum Gasteiger partial charge on any atom is 0.335 e. The van der Waals surface area contributed by atoms with Gasteiger partial charge in [0.1, 0.15) is 5.75 Å². The van der Waals surface area contributed by atoms with E-state index >= 15 is 0 Å². The standard InChI is InChI=1S/C14H13NO4/c1-2-18-12-7-4-8-13(15-12)19-11-6-3-5-10(9-11)14(16)17/h3-9H,2H2,1H3,(H,16,17). The average molecular weight is 259 g/mol. The van der Waals surface area contributed by atoms with Crippen molar-refractivity contribution >= 4 is 5.97 Å². The van der Waals surface area contributed by atoms with Crippen LogP contribution >= 0.6 is 0 Å². The summed E-state index contributed by atoms with van der Waals surface area (Å²) in [5.74, 6) is 0.241. The highest BCUT2D eigenvalue weighted by Gasteiger charge is 2.05. The highest BCUT2D eigenvalue weighted by atomic mass is 16.5. The van der Waals surface area contributed by atoms with Crippen LogP contribution in [0, 0.1) is 0 Å². The maximum absolute atomic E-state index is 10.9. The Balaban J connectivity index is 2.18. The molecule has 5 nitrogen and oxygen atoms in total. The molecule has 0 saturated heterocycles. The Bertz CT molecular complexity index is 583. The molecule has 0 aliphatic heterocycles. The molecule has 0 fully saturated rings. The number of nitrogens with zero attached hydrogens (tertiary/aromatic N) is 1. The predicted molar refractivity (Wildman–Crippen MR) is 68.9 cm³/mol. The minimum absolute atomic E-state index is 0.165. The molecule has 0 amide bonds. The van der Waals surface area contributed by atoms with Gasteiger partial charge in [0.2, 0.25) is 11.8 Å². The molecule has 0 saturated carbocycles. The molecule has 19 heavy (non-hydrogen) atoms. The van der Waals surface area contributed by atoms with Crippen molar-refractivity contribution in [1.29, 1.82) is 0 Å². The van der Waals surface area contributed by atoms with E-state index in [9.17, 15) is 4.79 Å². The summed E-state index contributed by atoms with van der Waals surface area (Å²) in [7, 11) is 0. The summed E-state index contributed by atoms with van der Waals surface area (Å²) < 4.78 is 10.8. The van der Waals surface area contributed by atoms with Crippen LogP contribution in [0.2, 0.25) is 0 Å². The van der Waals surface area contributed by atoms with Gasteiger partial charge in [-0.1, -0.05) is 12.1 Å². The molecule has 2 aromatic rings. The summed E-state index contributed by atoms with van der Waals surface area (Å²) >= 11 is 0. The lowest BCUT2D eigenvalue weighted by Gasteiger charge is -2.07. The van der Waals surface area contributed by atoms with Crippen LogP contribution in [0.5, 0.6) is 17.5 Å². The highest BCUT2D eigenvalue weighted by molar-refractivity contribution is 5.88. The Hall–Kier alpha value is -2.56. The van der Waals surface area contributed by atoms with E-state index in [-0.39, 0.29) is 5.56 Å². The van der Waals surface area contributed by atoms with E-state index in [0.717, 1.165) is 0 Å². The first kappa shape index (κ1) is 12.9. The number of rotatable bonds is 5. The lowest BCUT2D eigenvalue weighted by atomic mass is 10.2. The van der Waals surface area contributed by atoms with Gasteiger partial charge in [0, 0.05) is 12.1 Å². The van der Waals surface area contributed by atoms with Gasteiger partial charge in [-0.2, -0.15) is 4.98 Å². The molecule has 0 aliphatic carbocycles. The molecule has 1 aromatic carbocycles. The predicted octanol–water partition coefficient (Wildman–Crippen LogP) is 2.97. The largest absolute Gasteiger partial charge is 0.478 e. The summed E-state index contributed by atoms with van der Waals surface area (Å²) in [5, 5.41) is 8.90. The zero-order valence-electron chi connectivity index (χ0n) is 10.4. The van der Waals surface area contributed by atoms with E-state index in [2.05, 4.69) is 4.98 Å². The van der Waals surface area contributed by atoms with Gasteiger partial charge in [-0.15, -0.1) is 0 Å². The summed E-state index contributed by atoms with van der Waals surface area (Å²) in [6, 6.07) is 11.4. The average Bonchev–Trinajstić information content (AvgIpc) is 2.40. The van der Waals surface area contributed by atoms with Crippen LogP contribution in [0.15, 0.2) is 42.5 Å². The molecule has 0 aliphatic rings. The lowest BCUT2D eigenvalue weighted by Crippen LogP contribution is -1.97. The van der Waals surface area contributed by atoms with Gasteiger partial charge in [-0.05, 0) is 25.1 Å². The fraction of sp³-hybridized carbons (Fsp3) is 0.143. The van der Waals surface area contributed by atoms with Crippen molar-refractivity contribution in [2.24, 2.45) is 0 Å². The Kier molecular flexibility index (Phi) is 3.97. The number of hydrogen-bond donors (Lipinski definition) is 1. The Morgan fingerprint density at radius 2 is 1.95 bits per heavy atom. The van der Waals surface area contributed by atoms with Crippen molar-refractivity contribution in [3.8, 4) is 17.5 Å². The number of hydrogen-bond acceptors (Lipinski definition) is 4. The SMILES string of the molecule is CCOc1cccc(Oc2cccc(C(=O)O)c2)n1. The third-order valence-corrected chi connectivity index (χ3v) is 2.29. The van der Waals surface area contributed by atoms with E-state index in [1.807, 2.05) is 6.92 Å². The second-order valence-corrected chi connectivity index (χ2v) is 3.68. The first-order chi connectivity index (χ1) is 9.19. The Labute approximate surface area is 110 Å². The fourth-order valence-corrected chi connectivity index (χ4v) is 1.49. The van der Waals surface area contributed by atoms with Crippen molar-refractivity contribution in [1.82, 2.24) is 4.98 Å².